The molecule has 4 aromatic carbocycles. The number of hydrogen-bond donors (Lipinski definition) is 0. The number of fused-ring (bicyclic) bond motifs is 2. The number of rotatable bonds is 1. The molecule has 0 aliphatic rings. The van der Waals surface area contributed by atoms with Crippen LogP contribution in [-0.2, 0) is 0 Å². The van der Waals surface area contributed by atoms with Crippen LogP contribution in [0.25, 0.3) is 32.7 Å². The topological polar surface area (TPSA) is 0 Å². The second-order valence-electron chi connectivity index (χ2n) is 6.07. The third-order valence-corrected chi connectivity index (χ3v) is 4.33. The Bertz CT molecular complexity index is 919. The molecule has 22 heavy (non-hydrogen) atoms. The monoisotopic (exact) mass is 282 g/mol. The molecule has 0 fully saturated rings. The van der Waals surface area contributed by atoms with Crippen LogP contribution in [0.2, 0.25) is 0 Å². The highest BCUT2D eigenvalue weighted by molar-refractivity contribution is 6.12. The molecule has 0 N–H and O–H groups in total. The van der Waals surface area contributed by atoms with Crippen LogP contribution in [0.3, 0.4) is 0 Å². The normalized spacial score (nSPS) is 11.2. The first-order valence-corrected chi connectivity index (χ1v) is 7.71. The van der Waals surface area contributed by atoms with Crippen molar-refractivity contribution in [2.45, 2.75) is 13.8 Å². The van der Waals surface area contributed by atoms with Crippen LogP contribution in [0.5, 0.6) is 0 Å². The summed E-state index contributed by atoms with van der Waals surface area (Å²) < 4.78 is 0. The molecule has 106 valence electrons. The largest absolute Gasteiger partial charge is 0.0622 e. The van der Waals surface area contributed by atoms with E-state index in [9.17, 15) is 0 Å². The number of aryl methyl sites for hydroxylation is 2. The lowest BCUT2D eigenvalue weighted by Crippen LogP contribution is -1.87. The molecule has 0 unspecified atom stereocenters. The Morgan fingerprint density at radius 1 is 0.545 bits per heavy atom. The molecule has 0 bridgehead atoms. The lowest BCUT2D eigenvalue weighted by atomic mass is 9.91. The Balaban J connectivity index is 2.22. The van der Waals surface area contributed by atoms with Gasteiger partial charge in [0.05, 0.1) is 0 Å². The zero-order valence-corrected chi connectivity index (χ0v) is 12.9. The van der Waals surface area contributed by atoms with Crippen molar-refractivity contribution in [3.63, 3.8) is 0 Å². The fourth-order valence-corrected chi connectivity index (χ4v) is 3.29. The Morgan fingerprint density at radius 2 is 1.09 bits per heavy atom. The van der Waals surface area contributed by atoms with Gasteiger partial charge < -0.3 is 0 Å². The maximum Gasteiger partial charge on any atom is -0.00268 e. The van der Waals surface area contributed by atoms with Crippen LogP contribution in [-0.4, -0.2) is 0 Å². The maximum atomic E-state index is 2.32. The highest BCUT2D eigenvalue weighted by atomic mass is 14.1. The van der Waals surface area contributed by atoms with Crippen LogP contribution in [0, 0.1) is 13.8 Å². The van der Waals surface area contributed by atoms with Gasteiger partial charge in [0.25, 0.3) is 0 Å². The third kappa shape index (κ3) is 2.08. The summed E-state index contributed by atoms with van der Waals surface area (Å²) in [5, 5.41) is 5.29. The molecule has 0 saturated heterocycles. The molecule has 0 heterocycles. The summed E-state index contributed by atoms with van der Waals surface area (Å²) >= 11 is 0. The minimum atomic E-state index is 1.28. The van der Waals surface area contributed by atoms with E-state index in [1.165, 1.54) is 43.8 Å². The highest BCUT2D eigenvalue weighted by Crippen LogP contribution is 2.36. The molecule has 0 aliphatic heterocycles. The molecule has 0 spiro atoms. The summed E-state index contributed by atoms with van der Waals surface area (Å²) in [6.07, 6.45) is 0. The number of hydrogen-bond acceptors (Lipinski definition) is 0. The summed E-state index contributed by atoms with van der Waals surface area (Å²) in [6.45, 7) is 4.31. The summed E-state index contributed by atoms with van der Waals surface area (Å²) in [7, 11) is 0. The zero-order valence-electron chi connectivity index (χ0n) is 12.9. The molecule has 4 aromatic rings. The third-order valence-electron chi connectivity index (χ3n) is 4.33. The van der Waals surface area contributed by atoms with Crippen molar-refractivity contribution in [3.8, 4) is 11.1 Å². The molecular formula is C22H18. The molecule has 4 rings (SSSR count). The second-order valence-corrected chi connectivity index (χ2v) is 6.07. The summed E-state index contributed by atoms with van der Waals surface area (Å²) in [4.78, 5) is 0. The smallest absolute Gasteiger partial charge is 0.00268 e. The first-order valence-electron chi connectivity index (χ1n) is 7.71. The van der Waals surface area contributed by atoms with Gasteiger partial charge in [-0.2, -0.15) is 0 Å². The van der Waals surface area contributed by atoms with Crippen LogP contribution in [0.1, 0.15) is 11.1 Å². The minimum absolute atomic E-state index is 1.28. The first kappa shape index (κ1) is 13.1. The van der Waals surface area contributed by atoms with Crippen molar-refractivity contribution in [2.24, 2.45) is 0 Å². The van der Waals surface area contributed by atoms with Crippen LogP contribution in [0.15, 0.2) is 72.8 Å². The van der Waals surface area contributed by atoms with E-state index in [0.717, 1.165) is 0 Å². The van der Waals surface area contributed by atoms with Crippen molar-refractivity contribution in [3.05, 3.63) is 83.9 Å². The molecule has 0 aromatic heterocycles. The van der Waals surface area contributed by atoms with E-state index in [2.05, 4.69) is 86.6 Å². The van der Waals surface area contributed by atoms with Gasteiger partial charge in [0.2, 0.25) is 0 Å². The van der Waals surface area contributed by atoms with Gasteiger partial charge in [0.1, 0.15) is 0 Å². The van der Waals surface area contributed by atoms with Crippen LogP contribution < -0.4 is 0 Å². The Morgan fingerprint density at radius 3 is 1.64 bits per heavy atom. The van der Waals surface area contributed by atoms with Crippen LogP contribution >= 0.6 is 0 Å². The summed E-state index contributed by atoms with van der Waals surface area (Å²) in [5.41, 5.74) is 5.23. The maximum absolute atomic E-state index is 2.32. The van der Waals surface area contributed by atoms with E-state index >= 15 is 0 Å². The minimum Gasteiger partial charge on any atom is -0.0622 e. The van der Waals surface area contributed by atoms with Gasteiger partial charge in [-0.15, -0.1) is 0 Å². The summed E-state index contributed by atoms with van der Waals surface area (Å²) in [5.74, 6) is 0. The predicted octanol–water partition coefficient (Wildman–Crippen LogP) is 6.28. The van der Waals surface area contributed by atoms with E-state index in [-0.39, 0.29) is 0 Å². The van der Waals surface area contributed by atoms with E-state index in [1.807, 2.05) is 0 Å². The number of benzene rings is 4. The van der Waals surface area contributed by atoms with Crippen molar-refractivity contribution < 1.29 is 0 Å². The highest BCUT2D eigenvalue weighted by Gasteiger charge is 2.10. The molecule has 0 nitrogen and oxygen atoms in total. The van der Waals surface area contributed by atoms with Crippen molar-refractivity contribution in [1.82, 2.24) is 0 Å². The molecule has 0 amide bonds. The fraction of sp³-hybridized carbons (Fsp3) is 0.0909. The first-order chi connectivity index (χ1) is 10.7. The Hall–Kier alpha value is -2.60. The van der Waals surface area contributed by atoms with Gasteiger partial charge in [-0.05, 0) is 52.6 Å². The van der Waals surface area contributed by atoms with Crippen molar-refractivity contribution >= 4 is 21.5 Å². The quantitative estimate of drug-likeness (QED) is 0.360. The molecule has 0 aliphatic carbocycles. The van der Waals surface area contributed by atoms with Gasteiger partial charge in [-0.25, -0.2) is 0 Å². The average Bonchev–Trinajstić information content (AvgIpc) is 2.53. The molecular weight excluding hydrogens is 264 g/mol. The van der Waals surface area contributed by atoms with E-state index in [4.69, 9.17) is 0 Å². The Labute approximate surface area is 131 Å². The van der Waals surface area contributed by atoms with E-state index < -0.39 is 0 Å². The lowest BCUT2D eigenvalue weighted by molar-refractivity contribution is 1.50. The average molecular weight is 282 g/mol. The van der Waals surface area contributed by atoms with Gasteiger partial charge >= 0.3 is 0 Å². The lowest BCUT2D eigenvalue weighted by Gasteiger charge is -2.13. The predicted molar refractivity (Wildman–Crippen MR) is 96.4 cm³/mol. The van der Waals surface area contributed by atoms with Crippen LogP contribution in [0.4, 0.5) is 0 Å². The van der Waals surface area contributed by atoms with E-state index in [1.54, 1.807) is 0 Å². The molecule has 0 radical (unpaired) electrons. The van der Waals surface area contributed by atoms with Gasteiger partial charge in [-0.1, -0.05) is 77.9 Å². The summed E-state index contributed by atoms with van der Waals surface area (Å²) in [6, 6.07) is 26.5. The van der Waals surface area contributed by atoms with E-state index in [0.29, 0.717) is 0 Å². The molecule has 0 saturated carbocycles. The molecule has 0 atom stereocenters. The van der Waals surface area contributed by atoms with Crippen molar-refractivity contribution in [1.29, 1.82) is 0 Å². The Kier molecular flexibility index (Phi) is 2.97. The van der Waals surface area contributed by atoms with Gasteiger partial charge in [0.15, 0.2) is 0 Å². The fourth-order valence-electron chi connectivity index (χ4n) is 3.29. The second kappa shape index (κ2) is 4.99. The standard InChI is InChI=1S/C22H18/c1-15-8-10-20-18(12-15)14-19-13-16(2)9-11-21(19)22(20)17-6-4-3-5-7-17/h3-14H,1-2H3. The molecule has 0 heteroatoms. The SMILES string of the molecule is Cc1ccc2c(-c3ccccc3)c3ccc(C)cc3cc2c1. The van der Waals surface area contributed by atoms with Gasteiger partial charge in [-0.3, -0.25) is 0 Å². The van der Waals surface area contributed by atoms with Crippen molar-refractivity contribution in [2.75, 3.05) is 0 Å². The zero-order chi connectivity index (χ0) is 15.1. The van der Waals surface area contributed by atoms with Gasteiger partial charge in [0, 0.05) is 0 Å².